The smallest absolute Gasteiger partial charge is 0.262 e. The van der Waals surface area contributed by atoms with Crippen LogP contribution in [0.5, 0.6) is 0 Å². The lowest BCUT2D eigenvalue weighted by Gasteiger charge is -2.16. The number of carbonyl (C=O) groups excluding carboxylic acids is 1. The maximum absolute atomic E-state index is 12.7. The standard InChI is InChI=1S/C16H21N3O2S/c1-4-9(2)17-14(20)13-10(3)12-15(22-13)18-11-7-5-6-8-19(11)16(12)21/h9H,4-8H2,1-3H3,(H,17,20)/t9-/m1/s1. The fourth-order valence-corrected chi connectivity index (χ4v) is 3.93. The molecular weight excluding hydrogens is 298 g/mol. The number of aryl methyl sites for hydroxylation is 2. The van der Waals surface area contributed by atoms with Crippen LogP contribution in [0.25, 0.3) is 10.2 Å². The average Bonchev–Trinajstić information content (AvgIpc) is 2.84. The quantitative estimate of drug-likeness (QED) is 0.946. The summed E-state index contributed by atoms with van der Waals surface area (Å²) in [5.74, 6) is 0.760. The molecule has 0 saturated heterocycles. The van der Waals surface area contributed by atoms with E-state index in [0.717, 1.165) is 43.6 Å². The monoisotopic (exact) mass is 319 g/mol. The molecule has 2 aromatic heterocycles. The van der Waals surface area contributed by atoms with Gasteiger partial charge in [-0.15, -0.1) is 11.3 Å². The Morgan fingerprint density at radius 3 is 2.95 bits per heavy atom. The highest BCUT2D eigenvalue weighted by atomic mass is 32.1. The average molecular weight is 319 g/mol. The van der Waals surface area contributed by atoms with Gasteiger partial charge >= 0.3 is 0 Å². The lowest BCUT2D eigenvalue weighted by Crippen LogP contribution is -2.31. The molecule has 0 radical (unpaired) electrons. The summed E-state index contributed by atoms with van der Waals surface area (Å²) in [6.07, 6.45) is 3.82. The van der Waals surface area contributed by atoms with Gasteiger partial charge in [0.1, 0.15) is 10.7 Å². The van der Waals surface area contributed by atoms with Crippen molar-refractivity contribution < 1.29 is 4.79 Å². The normalized spacial score (nSPS) is 15.6. The van der Waals surface area contributed by atoms with Gasteiger partial charge in [0.2, 0.25) is 0 Å². The van der Waals surface area contributed by atoms with E-state index < -0.39 is 0 Å². The molecule has 0 aromatic carbocycles. The van der Waals surface area contributed by atoms with Gasteiger partial charge in [-0.05, 0) is 38.7 Å². The van der Waals surface area contributed by atoms with Gasteiger partial charge < -0.3 is 5.32 Å². The summed E-state index contributed by atoms with van der Waals surface area (Å²) in [6, 6.07) is 0.124. The van der Waals surface area contributed by atoms with E-state index in [1.807, 2.05) is 20.8 Å². The Hall–Kier alpha value is -1.69. The zero-order valence-corrected chi connectivity index (χ0v) is 14.0. The van der Waals surface area contributed by atoms with Crippen LogP contribution >= 0.6 is 11.3 Å². The molecule has 3 heterocycles. The summed E-state index contributed by atoms with van der Waals surface area (Å²) >= 11 is 1.33. The summed E-state index contributed by atoms with van der Waals surface area (Å²) in [6.45, 7) is 6.60. The van der Waals surface area contributed by atoms with Crippen LogP contribution in [-0.2, 0) is 13.0 Å². The maximum atomic E-state index is 12.7. The van der Waals surface area contributed by atoms with Gasteiger partial charge in [0.25, 0.3) is 11.5 Å². The molecule has 0 spiro atoms. The molecule has 22 heavy (non-hydrogen) atoms. The highest BCUT2D eigenvalue weighted by Crippen LogP contribution is 2.28. The van der Waals surface area contributed by atoms with Crippen molar-refractivity contribution in [1.82, 2.24) is 14.9 Å². The molecule has 1 aliphatic rings. The second kappa shape index (κ2) is 5.83. The highest BCUT2D eigenvalue weighted by molar-refractivity contribution is 7.20. The van der Waals surface area contributed by atoms with Gasteiger partial charge in [-0.3, -0.25) is 14.2 Å². The molecular formula is C16H21N3O2S. The van der Waals surface area contributed by atoms with Crippen LogP contribution in [0.2, 0.25) is 0 Å². The zero-order valence-electron chi connectivity index (χ0n) is 13.2. The Bertz CT molecular complexity index is 791. The highest BCUT2D eigenvalue weighted by Gasteiger charge is 2.22. The van der Waals surface area contributed by atoms with Gasteiger partial charge in [0.05, 0.1) is 10.3 Å². The minimum absolute atomic E-state index is 0.0102. The van der Waals surface area contributed by atoms with Crippen LogP contribution in [0.4, 0.5) is 0 Å². The lowest BCUT2D eigenvalue weighted by atomic mass is 10.1. The zero-order chi connectivity index (χ0) is 15.9. The first-order valence-electron chi connectivity index (χ1n) is 7.86. The predicted octanol–water partition coefficient (Wildman–Crippen LogP) is 2.63. The molecule has 1 amide bonds. The van der Waals surface area contributed by atoms with E-state index in [4.69, 9.17) is 0 Å². The Kier molecular flexibility index (Phi) is 4.04. The van der Waals surface area contributed by atoms with Crippen molar-refractivity contribution in [2.75, 3.05) is 0 Å². The first-order valence-corrected chi connectivity index (χ1v) is 8.68. The summed E-state index contributed by atoms with van der Waals surface area (Å²) in [4.78, 5) is 31.1. The van der Waals surface area contributed by atoms with Crippen molar-refractivity contribution in [2.45, 2.75) is 59.0 Å². The first kappa shape index (κ1) is 15.2. The van der Waals surface area contributed by atoms with Crippen LogP contribution < -0.4 is 10.9 Å². The summed E-state index contributed by atoms with van der Waals surface area (Å²) in [5.41, 5.74) is 0.773. The third-order valence-corrected chi connectivity index (χ3v) is 5.54. The van der Waals surface area contributed by atoms with E-state index >= 15 is 0 Å². The van der Waals surface area contributed by atoms with Gasteiger partial charge in [-0.25, -0.2) is 4.98 Å². The van der Waals surface area contributed by atoms with Crippen molar-refractivity contribution in [3.8, 4) is 0 Å². The Morgan fingerprint density at radius 1 is 1.45 bits per heavy atom. The van der Waals surface area contributed by atoms with Gasteiger partial charge in [-0.1, -0.05) is 6.92 Å². The van der Waals surface area contributed by atoms with Crippen molar-refractivity contribution in [3.05, 3.63) is 26.6 Å². The predicted molar refractivity (Wildman–Crippen MR) is 88.8 cm³/mol. The number of nitrogens with one attached hydrogen (secondary N) is 1. The van der Waals surface area contributed by atoms with Crippen molar-refractivity contribution in [2.24, 2.45) is 0 Å². The Labute approximate surface area is 133 Å². The number of amides is 1. The molecule has 0 unspecified atom stereocenters. The van der Waals surface area contributed by atoms with Crippen LogP contribution in [0, 0.1) is 6.92 Å². The number of fused-ring (bicyclic) bond motifs is 2. The summed E-state index contributed by atoms with van der Waals surface area (Å²) < 4.78 is 1.78. The van der Waals surface area contributed by atoms with Crippen LogP contribution in [0.15, 0.2) is 4.79 Å². The lowest BCUT2D eigenvalue weighted by molar-refractivity contribution is 0.0943. The fraction of sp³-hybridized carbons (Fsp3) is 0.562. The van der Waals surface area contributed by atoms with E-state index in [1.54, 1.807) is 4.57 Å². The molecule has 3 rings (SSSR count). The van der Waals surface area contributed by atoms with Crippen LogP contribution in [0.1, 0.15) is 54.2 Å². The molecule has 1 aliphatic heterocycles. The third-order valence-electron chi connectivity index (χ3n) is 4.36. The molecule has 0 saturated carbocycles. The molecule has 0 fully saturated rings. The van der Waals surface area contributed by atoms with Crippen LogP contribution in [-0.4, -0.2) is 21.5 Å². The van der Waals surface area contributed by atoms with E-state index in [1.165, 1.54) is 11.3 Å². The molecule has 0 bridgehead atoms. The van der Waals surface area contributed by atoms with Crippen molar-refractivity contribution in [3.63, 3.8) is 0 Å². The topological polar surface area (TPSA) is 64.0 Å². The molecule has 1 atom stereocenters. The third kappa shape index (κ3) is 2.45. The molecule has 0 aliphatic carbocycles. The minimum atomic E-state index is -0.0998. The molecule has 1 N–H and O–H groups in total. The molecule has 6 heteroatoms. The minimum Gasteiger partial charge on any atom is -0.349 e. The number of hydrogen-bond donors (Lipinski definition) is 1. The van der Waals surface area contributed by atoms with Crippen molar-refractivity contribution >= 4 is 27.5 Å². The van der Waals surface area contributed by atoms with Gasteiger partial charge in [0, 0.05) is 19.0 Å². The van der Waals surface area contributed by atoms with Gasteiger partial charge in [-0.2, -0.15) is 0 Å². The van der Waals surface area contributed by atoms with E-state index in [0.29, 0.717) is 15.1 Å². The molecule has 2 aromatic rings. The second-order valence-corrected chi connectivity index (χ2v) is 6.96. The van der Waals surface area contributed by atoms with Crippen LogP contribution in [0.3, 0.4) is 0 Å². The maximum Gasteiger partial charge on any atom is 0.262 e. The van der Waals surface area contributed by atoms with Gasteiger partial charge in [0.15, 0.2) is 0 Å². The number of nitrogens with zero attached hydrogens (tertiary/aromatic N) is 2. The first-order chi connectivity index (χ1) is 10.5. The number of aromatic nitrogens is 2. The number of thiophene rings is 1. The molecule has 5 nitrogen and oxygen atoms in total. The second-order valence-electron chi connectivity index (χ2n) is 5.96. The Balaban J connectivity index is 2.11. The number of hydrogen-bond acceptors (Lipinski definition) is 4. The Morgan fingerprint density at radius 2 is 2.23 bits per heavy atom. The largest absolute Gasteiger partial charge is 0.349 e. The van der Waals surface area contributed by atoms with E-state index in [9.17, 15) is 9.59 Å². The SMILES string of the molecule is CC[C@@H](C)NC(=O)c1sc2nc3n(c(=O)c2c1C)CCCC3. The summed E-state index contributed by atoms with van der Waals surface area (Å²) in [5, 5.41) is 3.59. The fourth-order valence-electron chi connectivity index (χ4n) is 2.84. The van der Waals surface area contributed by atoms with E-state index in [2.05, 4.69) is 10.3 Å². The number of carbonyl (C=O) groups is 1. The summed E-state index contributed by atoms with van der Waals surface area (Å²) in [7, 11) is 0. The van der Waals surface area contributed by atoms with E-state index in [-0.39, 0.29) is 17.5 Å². The van der Waals surface area contributed by atoms with Crippen molar-refractivity contribution in [1.29, 1.82) is 0 Å². The number of rotatable bonds is 3. The molecule has 118 valence electrons.